The number of hydrogen-bond acceptors (Lipinski definition) is 3. The van der Waals surface area contributed by atoms with E-state index < -0.39 is 17.1 Å². The second-order valence-electron chi connectivity index (χ2n) is 5.28. The zero-order valence-electron chi connectivity index (χ0n) is 11.5. The number of aryl methyl sites for hydroxylation is 1. The third-order valence-corrected chi connectivity index (χ3v) is 3.94. The first-order valence-corrected chi connectivity index (χ1v) is 6.74. The predicted molar refractivity (Wildman–Crippen MR) is 76.7 cm³/mol. The van der Waals surface area contributed by atoms with Gasteiger partial charge in [0.25, 0.3) is 0 Å². The van der Waals surface area contributed by atoms with Crippen LogP contribution in [0.15, 0.2) is 23.2 Å². The number of pyridine rings is 1. The molecule has 2 N–H and O–H groups in total. The second-order valence-corrected chi connectivity index (χ2v) is 5.28. The highest BCUT2D eigenvalue weighted by atomic mass is 19.1. The van der Waals surface area contributed by atoms with E-state index in [9.17, 15) is 13.6 Å². The summed E-state index contributed by atoms with van der Waals surface area (Å²) in [4.78, 5) is 16.1. The summed E-state index contributed by atoms with van der Waals surface area (Å²) in [7, 11) is 0. The lowest BCUT2D eigenvalue weighted by Gasteiger charge is -2.12. The Morgan fingerprint density at radius 2 is 2.09 bits per heavy atom. The maximum absolute atomic E-state index is 14.4. The molecular formula is C15H11F2N3O2. The number of benzene rings is 1. The summed E-state index contributed by atoms with van der Waals surface area (Å²) in [5.41, 5.74) is 0.343. The molecule has 3 heterocycles. The molecule has 1 aromatic carbocycles. The van der Waals surface area contributed by atoms with Crippen LogP contribution in [0.1, 0.15) is 17.3 Å². The highest BCUT2D eigenvalue weighted by Crippen LogP contribution is 2.35. The smallest absolute Gasteiger partial charge is 0.217 e. The fourth-order valence-electron chi connectivity index (χ4n) is 2.91. The third-order valence-electron chi connectivity index (χ3n) is 3.94. The molecule has 112 valence electrons. The number of aromatic nitrogens is 3. The molecule has 22 heavy (non-hydrogen) atoms. The van der Waals surface area contributed by atoms with Crippen molar-refractivity contribution >= 4 is 21.8 Å². The van der Waals surface area contributed by atoms with Gasteiger partial charge in [-0.15, -0.1) is 0 Å². The van der Waals surface area contributed by atoms with Gasteiger partial charge in [-0.2, -0.15) is 0 Å². The summed E-state index contributed by atoms with van der Waals surface area (Å²) >= 11 is 0. The summed E-state index contributed by atoms with van der Waals surface area (Å²) in [6.45, 7) is 2.00. The van der Waals surface area contributed by atoms with Gasteiger partial charge in [-0.3, -0.25) is 9.89 Å². The molecule has 1 unspecified atom stereocenters. The number of fused-ring (bicyclic) bond motifs is 3. The van der Waals surface area contributed by atoms with E-state index in [1.165, 1.54) is 6.26 Å². The Kier molecular flexibility index (Phi) is 2.60. The number of H-pyrrole nitrogens is 2. The lowest BCUT2D eigenvalue weighted by atomic mass is 9.97. The van der Waals surface area contributed by atoms with Crippen LogP contribution in [0.2, 0.25) is 0 Å². The van der Waals surface area contributed by atoms with Gasteiger partial charge in [0.15, 0.2) is 11.5 Å². The first kappa shape index (κ1) is 13.0. The van der Waals surface area contributed by atoms with Crippen LogP contribution in [-0.4, -0.2) is 21.8 Å². The monoisotopic (exact) mass is 303 g/mol. The summed E-state index contributed by atoms with van der Waals surface area (Å²) in [5.74, 6) is -2.03. The normalized spacial score (nSPS) is 17.5. The van der Waals surface area contributed by atoms with Crippen molar-refractivity contribution in [1.29, 1.82) is 0 Å². The third kappa shape index (κ3) is 1.62. The van der Waals surface area contributed by atoms with Crippen molar-refractivity contribution in [3.8, 4) is 0 Å². The quantitative estimate of drug-likeness (QED) is 0.726. The molecule has 0 saturated carbocycles. The van der Waals surface area contributed by atoms with E-state index in [0.717, 1.165) is 0 Å². The number of nitrogens with zero attached hydrogens (tertiary/aromatic N) is 1. The average Bonchev–Trinajstić information content (AvgIpc) is 3.13. The van der Waals surface area contributed by atoms with E-state index in [4.69, 9.17) is 4.74 Å². The van der Waals surface area contributed by atoms with E-state index in [-0.39, 0.29) is 16.7 Å². The molecule has 5 nitrogen and oxygen atoms in total. The summed E-state index contributed by atoms with van der Waals surface area (Å²) in [6.07, 6.45) is 3.24. The molecule has 0 fully saturated rings. The van der Waals surface area contributed by atoms with E-state index in [0.29, 0.717) is 35.1 Å². The van der Waals surface area contributed by atoms with Gasteiger partial charge in [0.2, 0.25) is 5.43 Å². The number of aromatic amines is 2. The number of hydrogen-bond donors (Lipinski definition) is 2. The molecule has 2 aromatic heterocycles. The molecule has 0 aliphatic carbocycles. The van der Waals surface area contributed by atoms with Crippen LogP contribution in [-0.2, 0) is 4.74 Å². The van der Waals surface area contributed by atoms with E-state index in [1.54, 1.807) is 13.0 Å². The van der Waals surface area contributed by atoms with E-state index in [2.05, 4.69) is 15.2 Å². The van der Waals surface area contributed by atoms with Crippen LogP contribution in [0.5, 0.6) is 0 Å². The maximum Gasteiger partial charge on any atom is 0.217 e. The molecule has 3 aromatic rings. The van der Waals surface area contributed by atoms with E-state index in [1.807, 2.05) is 0 Å². The first-order chi connectivity index (χ1) is 10.6. The van der Waals surface area contributed by atoms with Gasteiger partial charge in [0, 0.05) is 22.5 Å². The number of rotatable bonds is 1. The minimum atomic E-state index is -0.970. The Hall–Kier alpha value is -2.70. The molecule has 1 aliphatic heterocycles. The average molecular weight is 303 g/mol. The number of halogens is 2. The van der Waals surface area contributed by atoms with Crippen molar-refractivity contribution in [2.24, 2.45) is 0 Å². The zero-order chi connectivity index (χ0) is 15.4. The van der Waals surface area contributed by atoms with Crippen molar-refractivity contribution in [2.75, 3.05) is 6.61 Å². The van der Waals surface area contributed by atoms with E-state index >= 15 is 0 Å². The molecule has 0 radical (unpaired) electrons. The predicted octanol–water partition coefficient (Wildman–Crippen LogP) is 2.62. The van der Waals surface area contributed by atoms with Gasteiger partial charge in [0.1, 0.15) is 5.82 Å². The Labute approximate surface area is 122 Å². The topological polar surface area (TPSA) is 70.8 Å². The summed E-state index contributed by atoms with van der Waals surface area (Å²) in [5, 5.41) is 6.01. The molecule has 1 aliphatic rings. The van der Waals surface area contributed by atoms with Gasteiger partial charge in [-0.05, 0) is 13.0 Å². The molecular weight excluding hydrogens is 292 g/mol. The Morgan fingerprint density at radius 3 is 2.82 bits per heavy atom. The molecule has 4 rings (SSSR count). The second kappa shape index (κ2) is 4.40. The lowest BCUT2D eigenvalue weighted by molar-refractivity contribution is 0.269. The first-order valence-electron chi connectivity index (χ1n) is 6.74. The number of ether oxygens (including phenoxy) is 1. The molecule has 0 bridgehead atoms. The van der Waals surface area contributed by atoms with Gasteiger partial charge in [-0.25, -0.2) is 13.8 Å². The van der Waals surface area contributed by atoms with Crippen LogP contribution in [0.25, 0.3) is 21.8 Å². The highest BCUT2D eigenvalue weighted by molar-refractivity contribution is 6.07. The fourth-order valence-corrected chi connectivity index (χ4v) is 2.91. The lowest BCUT2D eigenvalue weighted by Crippen LogP contribution is -2.11. The van der Waals surface area contributed by atoms with Gasteiger partial charge in [0.05, 0.1) is 29.9 Å². The van der Waals surface area contributed by atoms with Gasteiger partial charge >= 0.3 is 0 Å². The van der Waals surface area contributed by atoms with Crippen LogP contribution < -0.4 is 5.43 Å². The summed E-state index contributed by atoms with van der Waals surface area (Å²) in [6, 6.07) is 0.667. The maximum atomic E-state index is 14.4. The number of nitrogens with one attached hydrogen (secondary N) is 2. The Morgan fingerprint density at radius 1 is 1.27 bits per heavy atom. The highest BCUT2D eigenvalue weighted by Gasteiger charge is 2.25. The molecule has 7 heteroatoms. The molecule has 1 atom stereocenters. The molecule has 0 saturated heterocycles. The van der Waals surface area contributed by atoms with Crippen molar-refractivity contribution in [3.05, 3.63) is 51.7 Å². The van der Waals surface area contributed by atoms with Gasteiger partial charge in [-0.1, -0.05) is 0 Å². The zero-order valence-corrected chi connectivity index (χ0v) is 11.5. The SMILES string of the molecule is Cc1[nH][nH]c2nc(C3C=COC3)c3c(F)cc(=O)c(F)c3c12. The minimum Gasteiger partial charge on any atom is -0.500 e. The Balaban J connectivity index is 2.27. The molecule has 0 amide bonds. The van der Waals surface area contributed by atoms with Crippen LogP contribution in [0.4, 0.5) is 8.78 Å². The van der Waals surface area contributed by atoms with Crippen molar-refractivity contribution < 1.29 is 13.5 Å². The summed E-state index contributed by atoms with van der Waals surface area (Å²) < 4.78 is 34.0. The minimum absolute atomic E-state index is 0.0286. The van der Waals surface area contributed by atoms with Gasteiger partial charge < -0.3 is 9.84 Å². The molecule has 0 spiro atoms. The largest absolute Gasteiger partial charge is 0.500 e. The standard InChI is InChI=1S/C15H11F2N3O2/c1-6-10-12-11(8(16)4-9(21)13(12)17)14(7-2-3-22-5-7)18-15(10)20-19-6/h2-4,7H,5H2,1H3,(H2,18,19,20). The fraction of sp³-hybridized carbons (Fsp3) is 0.200. The van der Waals surface area contributed by atoms with Crippen LogP contribution >= 0.6 is 0 Å². The van der Waals surface area contributed by atoms with Crippen molar-refractivity contribution in [1.82, 2.24) is 15.2 Å². The Bertz CT molecular complexity index is 1000. The van der Waals surface area contributed by atoms with Crippen LogP contribution in [0.3, 0.4) is 0 Å². The van der Waals surface area contributed by atoms with Crippen molar-refractivity contribution in [3.63, 3.8) is 0 Å². The van der Waals surface area contributed by atoms with Crippen LogP contribution in [0, 0.1) is 18.6 Å². The van der Waals surface area contributed by atoms with Crippen molar-refractivity contribution in [2.45, 2.75) is 12.8 Å².